The highest BCUT2D eigenvalue weighted by Crippen LogP contribution is 2.37. The van der Waals surface area contributed by atoms with Crippen molar-refractivity contribution in [2.75, 3.05) is 4.72 Å². The van der Waals surface area contributed by atoms with Gasteiger partial charge in [-0.2, -0.15) is 0 Å². The second-order valence-electron chi connectivity index (χ2n) is 5.51. The van der Waals surface area contributed by atoms with Gasteiger partial charge in [-0.1, -0.05) is 35.3 Å². The summed E-state index contributed by atoms with van der Waals surface area (Å²) in [4.78, 5) is 3.30. The van der Waals surface area contributed by atoms with Crippen molar-refractivity contribution in [2.24, 2.45) is 0 Å². The van der Waals surface area contributed by atoms with Crippen LogP contribution < -0.4 is 9.46 Å². The fraction of sp³-hybridized carbons (Fsp3) is 0. The first-order chi connectivity index (χ1) is 13.3. The first-order valence-corrected chi connectivity index (χ1v) is 9.96. The van der Waals surface area contributed by atoms with Crippen LogP contribution >= 0.6 is 23.2 Å². The highest BCUT2D eigenvalue weighted by molar-refractivity contribution is 7.92. The molecule has 3 aromatic carbocycles. The van der Waals surface area contributed by atoms with Crippen LogP contribution in [0.2, 0.25) is 10.0 Å². The zero-order valence-corrected chi connectivity index (χ0v) is 16.3. The highest BCUT2D eigenvalue weighted by atomic mass is 35.5. The predicted molar refractivity (Wildman–Crippen MR) is 106 cm³/mol. The average Bonchev–Trinajstić information content (AvgIpc) is 2.65. The Balaban J connectivity index is 1.81. The minimum Gasteiger partial charge on any atom is -0.468 e. The second-order valence-corrected chi connectivity index (χ2v) is 8.00. The van der Waals surface area contributed by atoms with Gasteiger partial charge in [0.1, 0.15) is 17.3 Å². The topological polar surface area (TPSA) is 59.8 Å². The molecule has 3 rings (SSSR count). The first-order valence-electron chi connectivity index (χ1n) is 7.72. The maximum absolute atomic E-state index is 13.2. The van der Waals surface area contributed by atoms with Gasteiger partial charge < -0.3 is 4.74 Å². The van der Waals surface area contributed by atoms with Crippen LogP contribution in [0.25, 0.3) is 4.85 Å². The molecule has 0 aliphatic heterocycles. The Bertz CT molecular complexity index is 1180. The van der Waals surface area contributed by atoms with Gasteiger partial charge in [0.15, 0.2) is 0 Å². The van der Waals surface area contributed by atoms with Crippen LogP contribution in [0.5, 0.6) is 11.5 Å². The van der Waals surface area contributed by atoms with Crippen molar-refractivity contribution in [1.82, 2.24) is 0 Å². The molecular formula is C19H11Cl2FN2O3S. The van der Waals surface area contributed by atoms with Crippen LogP contribution in [0.4, 0.5) is 15.8 Å². The monoisotopic (exact) mass is 436 g/mol. The third-order valence-electron chi connectivity index (χ3n) is 3.60. The smallest absolute Gasteiger partial charge is 0.261 e. The molecule has 0 saturated carbocycles. The van der Waals surface area contributed by atoms with E-state index < -0.39 is 15.8 Å². The molecule has 0 aliphatic carbocycles. The van der Waals surface area contributed by atoms with E-state index in [0.29, 0.717) is 5.75 Å². The van der Waals surface area contributed by atoms with Crippen molar-refractivity contribution in [3.63, 3.8) is 0 Å². The van der Waals surface area contributed by atoms with Gasteiger partial charge >= 0.3 is 0 Å². The molecule has 0 aliphatic rings. The molecule has 3 aromatic rings. The Labute approximate surface area is 171 Å². The van der Waals surface area contributed by atoms with Crippen molar-refractivity contribution in [3.05, 3.63) is 87.9 Å². The number of nitrogens with zero attached hydrogens (tertiary/aromatic N) is 1. The van der Waals surface area contributed by atoms with Crippen LogP contribution in [-0.4, -0.2) is 8.42 Å². The lowest BCUT2D eigenvalue weighted by atomic mass is 10.3. The molecule has 28 heavy (non-hydrogen) atoms. The third-order valence-corrected chi connectivity index (χ3v) is 5.59. The van der Waals surface area contributed by atoms with E-state index in [1.165, 1.54) is 36.4 Å². The quantitative estimate of drug-likeness (QED) is 0.478. The number of para-hydroxylation sites is 1. The fourth-order valence-electron chi connectivity index (χ4n) is 2.27. The SMILES string of the molecule is [C-]#[N+]c1c(Cl)cccc1Oc1ccc(S(=O)(=O)Nc2ccc(F)c(Cl)c2)cc1. The van der Waals surface area contributed by atoms with Crippen LogP contribution in [0, 0.1) is 12.4 Å². The Morgan fingerprint density at radius 3 is 2.36 bits per heavy atom. The maximum atomic E-state index is 13.2. The number of sulfonamides is 1. The van der Waals surface area contributed by atoms with Gasteiger partial charge in [-0.3, -0.25) is 4.72 Å². The normalized spacial score (nSPS) is 10.9. The molecule has 0 amide bonds. The van der Waals surface area contributed by atoms with E-state index in [1.54, 1.807) is 18.2 Å². The lowest BCUT2D eigenvalue weighted by molar-refractivity contribution is 0.485. The summed E-state index contributed by atoms with van der Waals surface area (Å²) in [7, 11) is -3.91. The number of anilines is 1. The zero-order valence-electron chi connectivity index (χ0n) is 14.0. The molecule has 9 heteroatoms. The van der Waals surface area contributed by atoms with E-state index in [4.69, 9.17) is 34.5 Å². The molecule has 142 valence electrons. The van der Waals surface area contributed by atoms with Gasteiger partial charge in [0.2, 0.25) is 5.69 Å². The Hall–Kier alpha value is -2.79. The summed E-state index contributed by atoms with van der Waals surface area (Å²) in [5.74, 6) is -0.0564. The number of hydrogen-bond donors (Lipinski definition) is 1. The van der Waals surface area contributed by atoms with Gasteiger partial charge in [-0.25, -0.2) is 17.7 Å². The highest BCUT2D eigenvalue weighted by Gasteiger charge is 2.16. The summed E-state index contributed by atoms with van der Waals surface area (Å²) in [5.41, 5.74) is 0.295. The van der Waals surface area contributed by atoms with Crippen LogP contribution in [-0.2, 0) is 10.0 Å². The standard InChI is InChI=1S/C19H11Cl2FN2O3S/c1-23-19-15(20)3-2-4-18(19)27-13-6-8-14(9-7-13)28(25,26)24-12-5-10-17(22)16(21)11-12/h2-11,24H. The Kier molecular flexibility index (Phi) is 5.75. The number of halogens is 3. The molecule has 0 heterocycles. The molecule has 0 saturated heterocycles. The summed E-state index contributed by atoms with van der Waals surface area (Å²) < 4.78 is 46.1. The minimum atomic E-state index is -3.91. The number of benzene rings is 3. The summed E-state index contributed by atoms with van der Waals surface area (Å²) >= 11 is 11.6. The van der Waals surface area contributed by atoms with E-state index in [2.05, 4.69) is 9.57 Å². The van der Waals surface area contributed by atoms with Crippen molar-refractivity contribution in [2.45, 2.75) is 4.90 Å². The van der Waals surface area contributed by atoms with Gasteiger partial charge in [-0.05, 0) is 48.5 Å². The van der Waals surface area contributed by atoms with Gasteiger partial charge in [-0.15, -0.1) is 0 Å². The van der Waals surface area contributed by atoms with Gasteiger partial charge in [0.25, 0.3) is 10.0 Å². The number of rotatable bonds is 5. The lowest BCUT2D eigenvalue weighted by Gasteiger charge is -2.11. The molecule has 0 atom stereocenters. The summed E-state index contributed by atoms with van der Waals surface area (Å²) in [6, 6.07) is 13.9. The average molecular weight is 437 g/mol. The lowest BCUT2D eigenvalue weighted by Crippen LogP contribution is -2.12. The molecule has 0 unspecified atom stereocenters. The molecule has 0 spiro atoms. The zero-order chi connectivity index (χ0) is 20.3. The molecule has 1 N–H and O–H groups in total. The Morgan fingerprint density at radius 2 is 1.71 bits per heavy atom. The van der Waals surface area contributed by atoms with E-state index in [1.807, 2.05) is 0 Å². The first kappa shape index (κ1) is 20.0. The van der Waals surface area contributed by atoms with Crippen molar-refractivity contribution in [1.29, 1.82) is 0 Å². The van der Waals surface area contributed by atoms with E-state index in [0.717, 1.165) is 6.07 Å². The second kappa shape index (κ2) is 8.07. The molecule has 5 nitrogen and oxygen atoms in total. The summed E-state index contributed by atoms with van der Waals surface area (Å²) in [6.07, 6.45) is 0. The predicted octanol–water partition coefficient (Wildman–Crippen LogP) is 6.28. The molecular weight excluding hydrogens is 426 g/mol. The molecule has 0 fully saturated rings. The number of hydrogen-bond acceptors (Lipinski definition) is 3. The van der Waals surface area contributed by atoms with E-state index >= 15 is 0 Å². The van der Waals surface area contributed by atoms with E-state index in [9.17, 15) is 12.8 Å². The van der Waals surface area contributed by atoms with E-state index in [-0.39, 0.29) is 32.1 Å². The Morgan fingerprint density at radius 1 is 1.00 bits per heavy atom. The summed E-state index contributed by atoms with van der Waals surface area (Å²) in [6.45, 7) is 7.18. The van der Waals surface area contributed by atoms with Crippen LogP contribution in [0.1, 0.15) is 0 Å². The molecule has 0 bridgehead atoms. The van der Waals surface area contributed by atoms with Crippen LogP contribution in [0.3, 0.4) is 0 Å². The fourth-order valence-corrected chi connectivity index (χ4v) is 3.71. The van der Waals surface area contributed by atoms with Crippen LogP contribution in [0.15, 0.2) is 65.6 Å². The van der Waals surface area contributed by atoms with Gasteiger partial charge in [0.05, 0.1) is 27.2 Å². The van der Waals surface area contributed by atoms with Crippen molar-refractivity contribution in [3.8, 4) is 11.5 Å². The largest absolute Gasteiger partial charge is 0.468 e. The maximum Gasteiger partial charge on any atom is 0.261 e. The number of ether oxygens (including phenoxy) is 1. The molecule has 0 aromatic heterocycles. The molecule has 0 radical (unpaired) electrons. The minimum absolute atomic E-state index is 0.0307. The van der Waals surface area contributed by atoms with Crippen molar-refractivity contribution < 1.29 is 17.5 Å². The summed E-state index contributed by atoms with van der Waals surface area (Å²) in [5, 5.41) is 0.0648. The third kappa shape index (κ3) is 4.37. The van der Waals surface area contributed by atoms with Crippen molar-refractivity contribution >= 4 is 44.6 Å². The number of nitrogens with one attached hydrogen (secondary N) is 1. The van der Waals surface area contributed by atoms with Gasteiger partial charge in [0, 0.05) is 0 Å².